The Balaban J connectivity index is 2.06. The number of rotatable bonds is 6. The number of aliphatic carboxylic acids is 1. The van der Waals surface area contributed by atoms with Crippen molar-refractivity contribution < 1.29 is 19.4 Å². The van der Waals surface area contributed by atoms with E-state index in [1.807, 2.05) is 12.1 Å². The lowest BCUT2D eigenvalue weighted by Crippen LogP contribution is -2.14. The molecule has 2 aromatic rings. The summed E-state index contributed by atoms with van der Waals surface area (Å²) in [5.74, 6) is -0.878. The number of pyridine rings is 1. The number of aromatic amines is 1. The predicted octanol–water partition coefficient (Wildman–Crippen LogP) is 2.15. The van der Waals surface area contributed by atoms with Crippen molar-refractivity contribution in [1.82, 2.24) is 4.98 Å². The molecule has 1 heterocycles. The molecule has 116 valence electrons. The van der Waals surface area contributed by atoms with E-state index < -0.39 is 11.9 Å². The second-order valence-electron chi connectivity index (χ2n) is 4.81. The van der Waals surface area contributed by atoms with E-state index in [2.05, 4.69) is 4.98 Å². The molecule has 0 amide bonds. The minimum absolute atomic E-state index is 0.150. The molecule has 0 saturated carbocycles. The number of benzene rings is 1. The molecule has 0 saturated heterocycles. The van der Waals surface area contributed by atoms with Crippen LogP contribution < -0.4 is 14.9 Å². The van der Waals surface area contributed by atoms with Crippen molar-refractivity contribution >= 4 is 5.97 Å². The Kier molecular flexibility index (Phi) is 4.83. The van der Waals surface area contributed by atoms with Gasteiger partial charge in [-0.3, -0.25) is 9.59 Å². The third-order valence-corrected chi connectivity index (χ3v) is 3.29. The zero-order chi connectivity index (χ0) is 16.1. The van der Waals surface area contributed by atoms with E-state index in [-0.39, 0.29) is 17.8 Å². The van der Waals surface area contributed by atoms with Gasteiger partial charge in [0.05, 0.1) is 13.0 Å². The molecule has 0 fully saturated rings. The van der Waals surface area contributed by atoms with Crippen molar-refractivity contribution in [3.05, 3.63) is 58.0 Å². The van der Waals surface area contributed by atoms with Crippen LogP contribution in [0.4, 0.5) is 0 Å². The Bertz CT molecular complexity index is 705. The Morgan fingerprint density at radius 3 is 2.55 bits per heavy atom. The van der Waals surface area contributed by atoms with Crippen molar-refractivity contribution in [2.45, 2.75) is 19.4 Å². The summed E-state index contributed by atoms with van der Waals surface area (Å²) in [5, 5.41) is 8.93. The highest BCUT2D eigenvalue weighted by molar-refractivity contribution is 5.74. The maximum Gasteiger partial charge on any atom is 0.312 e. The standard InChI is InChI=1S/C16H17NO5/c1-10(16(19)20)13-7-14(18)15(8-17-13)22-9-11-3-5-12(21-2)6-4-11/h3-8,10H,9H2,1-2H3,(H,17,18)(H,19,20). The molecule has 2 rings (SSSR count). The number of hydrogen-bond acceptors (Lipinski definition) is 4. The topological polar surface area (TPSA) is 88.6 Å². The zero-order valence-corrected chi connectivity index (χ0v) is 12.3. The van der Waals surface area contributed by atoms with Crippen molar-refractivity contribution in [3.63, 3.8) is 0 Å². The van der Waals surface area contributed by atoms with Gasteiger partial charge in [0.25, 0.3) is 0 Å². The van der Waals surface area contributed by atoms with Crippen molar-refractivity contribution in [1.29, 1.82) is 0 Å². The monoisotopic (exact) mass is 303 g/mol. The lowest BCUT2D eigenvalue weighted by molar-refractivity contribution is -0.138. The first-order valence-electron chi connectivity index (χ1n) is 6.72. The molecule has 22 heavy (non-hydrogen) atoms. The normalized spacial score (nSPS) is 11.7. The van der Waals surface area contributed by atoms with Crippen LogP contribution in [0.3, 0.4) is 0 Å². The van der Waals surface area contributed by atoms with Gasteiger partial charge < -0.3 is 19.6 Å². The van der Waals surface area contributed by atoms with Gasteiger partial charge in [-0.2, -0.15) is 0 Å². The minimum Gasteiger partial charge on any atom is -0.497 e. The summed E-state index contributed by atoms with van der Waals surface area (Å²) in [6.07, 6.45) is 1.39. The fourth-order valence-electron chi connectivity index (χ4n) is 1.85. The lowest BCUT2D eigenvalue weighted by atomic mass is 10.1. The van der Waals surface area contributed by atoms with E-state index in [9.17, 15) is 9.59 Å². The maximum atomic E-state index is 11.9. The van der Waals surface area contributed by atoms with E-state index in [4.69, 9.17) is 14.6 Å². The van der Waals surface area contributed by atoms with Crippen LogP contribution in [-0.4, -0.2) is 23.2 Å². The molecule has 1 unspecified atom stereocenters. The molecule has 0 aliphatic carbocycles. The summed E-state index contributed by atoms with van der Waals surface area (Å²) < 4.78 is 10.5. The van der Waals surface area contributed by atoms with Gasteiger partial charge in [0.2, 0.25) is 5.43 Å². The van der Waals surface area contributed by atoms with Gasteiger partial charge in [-0.1, -0.05) is 12.1 Å². The average Bonchev–Trinajstić information content (AvgIpc) is 2.53. The van der Waals surface area contributed by atoms with Crippen LogP contribution in [0.25, 0.3) is 0 Å². The van der Waals surface area contributed by atoms with Crippen LogP contribution in [-0.2, 0) is 11.4 Å². The van der Waals surface area contributed by atoms with Crippen LogP contribution in [0.15, 0.2) is 41.3 Å². The van der Waals surface area contributed by atoms with E-state index in [0.717, 1.165) is 11.3 Å². The average molecular weight is 303 g/mol. The highest BCUT2D eigenvalue weighted by Crippen LogP contribution is 2.15. The molecule has 2 N–H and O–H groups in total. The van der Waals surface area contributed by atoms with E-state index in [0.29, 0.717) is 5.69 Å². The molecule has 0 radical (unpaired) electrons. The number of aromatic nitrogens is 1. The van der Waals surface area contributed by atoms with Gasteiger partial charge in [-0.25, -0.2) is 0 Å². The van der Waals surface area contributed by atoms with Gasteiger partial charge >= 0.3 is 5.97 Å². The van der Waals surface area contributed by atoms with Gasteiger partial charge in [0.15, 0.2) is 5.75 Å². The van der Waals surface area contributed by atoms with Gasteiger partial charge in [-0.15, -0.1) is 0 Å². The Morgan fingerprint density at radius 2 is 2.00 bits per heavy atom. The molecule has 1 atom stereocenters. The fourth-order valence-corrected chi connectivity index (χ4v) is 1.85. The first-order valence-corrected chi connectivity index (χ1v) is 6.72. The Labute approximate surface area is 127 Å². The lowest BCUT2D eigenvalue weighted by Gasteiger charge is -2.09. The second kappa shape index (κ2) is 6.80. The Hall–Kier alpha value is -2.76. The highest BCUT2D eigenvalue weighted by Gasteiger charge is 2.15. The first kappa shape index (κ1) is 15.6. The maximum absolute atomic E-state index is 11.9. The van der Waals surface area contributed by atoms with E-state index in [1.165, 1.54) is 19.2 Å². The zero-order valence-electron chi connectivity index (χ0n) is 12.3. The smallest absolute Gasteiger partial charge is 0.312 e. The van der Waals surface area contributed by atoms with Crippen LogP contribution in [0.1, 0.15) is 24.1 Å². The number of carboxylic acid groups (broad SMARTS) is 1. The molecule has 0 bridgehead atoms. The molecular formula is C16H17NO5. The summed E-state index contributed by atoms with van der Waals surface area (Å²) in [7, 11) is 1.59. The third-order valence-electron chi connectivity index (χ3n) is 3.29. The van der Waals surface area contributed by atoms with Crippen LogP contribution in [0.2, 0.25) is 0 Å². The number of hydrogen-bond donors (Lipinski definition) is 2. The van der Waals surface area contributed by atoms with Crippen LogP contribution >= 0.6 is 0 Å². The number of carbonyl (C=O) groups is 1. The molecule has 1 aromatic carbocycles. The third kappa shape index (κ3) is 3.66. The minimum atomic E-state index is -0.998. The predicted molar refractivity (Wildman–Crippen MR) is 80.4 cm³/mol. The number of methoxy groups -OCH3 is 1. The molecule has 6 nitrogen and oxygen atoms in total. The van der Waals surface area contributed by atoms with E-state index in [1.54, 1.807) is 19.2 Å². The number of ether oxygens (including phenoxy) is 2. The SMILES string of the molecule is COc1ccc(COc2c[nH]c(C(C)C(=O)O)cc2=O)cc1. The van der Waals surface area contributed by atoms with Crippen molar-refractivity contribution in [3.8, 4) is 11.5 Å². The quantitative estimate of drug-likeness (QED) is 0.853. The first-order chi connectivity index (χ1) is 10.5. The van der Waals surface area contributed by atoms with Gasteiger partial charge in [0.1, 0.15) is 12.4 Å². The molecule has 6 heteroatoms. The molecule has 0 aliphatic rings. The fraction of sp³-hybridized carbons (Fsp3) is 0.250. The summed E-state index contributed by atoms with van der Waals surface area (Å²) in [5.41, 5.74) is 0.882. The molecule has 0 aliphatic heterocycles. The highest BCUT2D eigenvalue weighted by atomic mass is 16.5. The number of nitrogens with one attached hydrogen (secondary N) is 1. The Morgan fingerprint density at radius 1 is 1.32 bits per heavy atom. The summed E-state index contributed by atoms with van der Waals surface area (Å²) in [6.45, 7) is 1.74. The van der Waals surface area contributed by atoms with Gasteiger partial charge in [0, 0.05) is 18.0 Å². The van der Waals surface area contributed by atoms with Crippen LogP contribution in [0, 0.1) is 0 Å². The van der Waals surface area contributed by atoms with Crippen LogP contribution in [0.5, 0.6) is 11.5 Å². The molecule has 0 spiro atoms. The summed E-state index contributed by atoms with van der Waals surface area (Å²) in [6, 6.07) is 8.55. The van der Waals surface area contributed by atoms with E-state index >= 15 is 0 Å². The number of carboxylic acids is 1. The second-order valence-corrected chi connectivity index (χ2v) is 4.81. The summed E-state index contributed by atoms with van der Waals surface area (Å²) in [4.78, 5) is 25.6. The largest absolute Gasteiger partial charge is 0.497 e. The van der Waals surface area contributed by atoms with Crippen molar-refractivity contribution in [2.75, 3.05) is 7.11 Å². The number of H-pyrrole nitrogens is 1. The summed E-state index contributed by atoms with van der Waals surface area (Å²) >= 11 is 0. The van der Waals surface area contributed by atoms with Crippen molar-refractivity contribution in [2.24, 2.45) is 0 Å². The van der Waals surface area contributed by atoms with Gasteiger partial charge in [-0.05, 0) is 24.6 Å². The molecular weight excluding hydrogens is 286 g/mol. The molecule has 1 aromatic heterocycles.